The molecular formula is C11H10BrN3O3S. The minimum atomic E-state index is -3.95. The predicted octanol–water partition coefficient (Wildman–Crippen LogP) is 1.64. The normalized spacial score (nSPS) is 11.3. The van der Waals surface area contributed by atoms with E-state index in [1.807, 2.05) is 0 Å². The molecule has 2 heterocycles. The van der Waals surface area contributed by atoms with Crippen molar-refractivity contribution in [1.29, 1.82) is 0 Å². The zero-order valence-corrected chi connectivity index (χ0v) is 12.2. The van der Waals surface area contributed by atoms with Crippen LogP contribution in [0.25, 0.3) is 0 Å². The van der Waals surface area contributed by atoms with Crippen molar-refractivity contribution < 1.29 is 8.42 Å². The molecule has 0 unspecified atom stereocenters. The second kappa shape index (κ2) is 5.14. The molecule has 0 aromatic carbocycles. The SMILES string of the molecule is Cc1nc(NS(=O)(=O)c2c[nH]ccc2=O)ccc1Br. The van der Waals surface area contributed by atoms with E-state index >= 15 is 0 Å². The van der Waals surface area contributed by atoms with Gasteiger partial charge in [-0.05, 0) is 35.0 Å². The van der Waals surface area contributed by atoms with Gasteiger partial charge in [0, 0.05) is 22.9 Å². The second-order valence-corrected chi connectivity index (χ2v) is 6.25. The van der Waals surface area contributed by atoms with Crippen molar-refractivity contribution >= 4 is 31.8 Å². The number of rotatable bonds is 3. The van der Waals surface area contributed by atoms with E-state index in [1.54, 1.807) is 13.0 Å². The Morgan fingerprint density at radius 3 is 2.68 bits per heavy atom. The smallest absolute Gasteiger partial charge is 0.268 e. The van der Waals surface area contributed by atoms with Crippen molar-refractivity contribution in [3.05, 3.63) is 51.0 Å². The standard InChI is InChI=1S/C11H10BrN3O3S/c1-7-8(12)2-3-11(14-7)15-19(17,18)10-6-13-5-4-9(10)16/h2-6H,1H3,(H,13,16)(H,14,15). The molecule has 0 spiro atoms. The topological polar surface area (TPSA) is 91.9 Å². The molecule has 0 aliphatic carbocycles. The summed E-state index contributed by atoms with van der Waals surface area (Å²) < 4.78 is 27.1. The van der Waals surface area contributed by atoms with Crippen LogP contribution in [0, 0.1) is 6.92 Å². The summed E-state index contributed by atoms with van der Waals surface area (Å²) >= 11 is 3.27. The third-order valence-corrected chi connectivity index (χ3v) is 4.55. The van der Waals surface area contributed by atoms with Crippen LogP contribution in [0.2, 0.25) is 0 Å². The molecule has 0 aliphatic heterocycles. The van der Waals surface area contributed by atoms with E-state index in [2.05, 4.69) is 30.6 Å². The number of anilines is 1. The van der Waals surface area contributed by atoms with E-state index in [-0.39, 0.29) is 10.7 Å². The van der Waals surface area contributed by atoms with Gasteiger partial charge >= 0.3 is 0 Å². The lowest BCUT2D eigenvalue weighted by Crippen LogP contribution is -2.21. The zero-order chi connectivity index (χ0) is 14.0. The van der Waals surface area contributed by atoms with Gasteiger partial charge in [-0.2, -0.15) is 0 Å². The van der Waals surface area contributed by atoms with E-state index in [0.717, 1.165) is 16.7 Å². The van der Waals surface area contributed by atoms with Crippen molar-refractivity contribution in [3.8, 4) is 0 Å². The molecule has 0 bridgehead atoms. The molecule has 2 aromatic rings. The molecule has 8 heteroatoms. The first-order chi connectivity index (χ1) is 8.90. The summed E-state index contributed by atoms with van der Waals surface area (Å²) in [6.07, 6.45) is 2.50. The van der Waals surface area contributed by atoms with Gasteiger partial charge in [0.25, 0.3) is 10.0 Å². The van der Waals surface area contributed by atoms with Gasteiger partial charge in [-0.1, -0.05) is 0 Å². The van der Waals surface area contributed by atoms with Gasteiger partial charge < -0.3 is 4.98 Å². The molecule has 0 aliphatic rings. The Balaban J connectivity index is 2.40. The van der Waals surface area contributed by atoms with Gasteiger partial charge in [-0.3, -0.25) is 9.52 Å². The largest absolute Gasteiger partial charge is 0.366 e. The molecule has 2 rings (SSSR count). The molecule has 6 nitrogen and oxygen atoms in total. The highest BCUT2D eigenvalue weighted by atomic mass is 79.9. The Morgan fingerprint density at radius 1 is 1.32 bits per heavy atom. The molecule has 0 atom stereocenters. The van der Waals surface area contributed by atoms with E-state index < -0.39 is 15.5 Å². The molecule has 100 valence electrons. The van der Waals surface area contributed by atoms with Gasteiger partial charge in [0.1, 0.15) is 5.82 Å². The van der Waals surface area contributed by atoms with Crippen molar-refractivity contribution in [1.82, 2.24) is 9.97 Å². The Labute approximate surface area is 118 Å². The van der Waals surface area contributed by atoms with Gasteiger partial charge in [0.05, 0.1) is 5.69 Å². The van der Waals surface area contributed by atoms with Crippen LogP contribution in [0.4, 0.5) is 5.82 Å². The highest BCUT2D eigenvalue weighted by molar-refractivity contribution is 9.10. The Bertz CT molecular complexity index is 771. The number of halogens is 1. The van der Waals surface area contributed by atoms with Crippen LogP contribution in [0.3, 0.4) is 0 Å². The van der Waals surface area contributed by atoms with Gasteiger partial charge in [0.15, 0.2) is 4.90 Å². The fourth-order valence-electron chi connectivity index (χ4n) is 1.40. The fraction of sp³-hybridized carbons (Fsp3) is 0.0909. The number of sulfonamides is 1. The average Bonchev–Trinajstić information content (AvgIpc) is 2.34. The Kier molecular flexibility index (Phi) is 3.72. The van der Waals surface area contributed by atoms with Crippen molar-refractivity contribution in [2.75, 3.05) is 4.72 Å². The first-order valence-electron chi connectivity index (χ1n) is 5.23. The molecule has 2 N–H and O–H groups in total. The number of aryl methyl sites for hydroxylation is 1. The van der Waals surface area contributed by atoms with E-state index in [0.29, 0.717) is 5.69 Å². The summed E-state index contributed by atoms with van der Waals surface area (Å²) in [4.78, 5) is 17.8. The number of H-pyrrole nitrogens is 1. The summed E-state index contributed by atoms with van der Waals surface area (Å²) in [5.74, 6) is 0.156. The highest BCUT2D eigenvalue weighted by Gasteiger charge is 2.18. The quantitative estimate of drug-likeness (QED) is 0.885. The van der Waals surface area contributed by atoms with Crippen LogP contribution < -0.4 is 10.2 Å². The van der Waals surface area contributed by atoms with Crippen LogP contribution >= 0.6 is 15.9 Å². The first-order valence-corrected chi connectivity index (χ1v) is 7.51. The lowest BCUT2D eigenvalue weighted by molar-refractivity contribution is 0.600. The summed E-state index contributed by atoms with van der Waals surface area (Å²) in [7, 11) is -3.95. The predicted molar refractivity (Wildman–Crippen MR) is 74.5 cm³/mol. The maximum Gasteiger partial charge on any atom is 0.268 e. The molecule has 2 aromatic heterocycles. The summed E-state index contributed by atoms with van der Waals surface area (Å²) in [6, 6.07) is 4.33. The van der Waals surface area contributed by atoms with Crippen LogP contribution in [-0.4, -0.2) is 18.4 Å². The van der Waals surface area contributed by atoms with Gasteiger partial charge in [-0.15, -0.1) is 0 Å². The lowest BCUT2D eigenvalue weighted by Gasteiger charge is -2.07. The number of hydrogen-bond acceptors (Lipinski definition) is 4. The van der Waals surface area contributed by atoms with Crippen LogP contribution in [0.15, 0.2) is 44.8 Å². The van der Waals surface area contributed by atoms with Crippen LogP contribution in [-0.2, 0) is 10.0 Å². The third-order valence-electron chi connectivity index (χ3n) is 2.34. The highest BCUT2D eigenvalue weighted by Crippen LogP contribution is 2.17. The maximum absolute atomic E-state index is 12.0. The van der Waals surface area contributed by atoms with Crippen molar-refractivity contribution in [2.45, 2.75) is 11.8 Å². The van der Waals surface area contributed by atoms with E-state index in [9.17, 15) is 13.2 Å². The summed E-state index contributed by atoms with van der Waals surface area (Å²) in [5, 5.41) is 0. The maximum atomic E-state index is 12.0. The second-order valence-electron chi connectivity index (χ2n) is 3.74. The monoisotopic (exact) mass is 343 g/mol. The molecule has 0 radical (unpaired) electrons. The Hall–Kier alpha value is -1.67. The molecular weight excluding hydrogens is 334 g/mol. The Morgan fingerprint density at radius 2 is 2.05 bits per heavy atom. The minimum Gasteiger partial charge on any atom is -0.366 e. The number of nitrogens with zero attached hydrogens (tertiary/aromatic N) is 1. The number of nitrogens with one attached hydrogen (secondary N) is 2. The van der Waals surface area contributed by atoms with Crippen LogP contribution in [0.5, 0.6) is 0 Å². The molecule has 0 saturated heterocycles. The molecule has 0 saturated carbocycles. The number of aromatic amines is 1. The number of aromatic nitrogens is 2. The fourth-order valence-corrected chi connectivity index (χ4v) is 2.68. The molecule has 0 amide bonds. The molecule has 19 heavy (non-hydrogen) atoms. The minimum absolute atomic E-state index is 0.156. The number of hydrogen-bond donors (Lipinski definition) is 2. The lowest BCUT2D eigenvalue weighted by atomic mass is 10.4. The summed E-state index contributed by atoms with van der Waals surface area (Å²) in [5.41, 5.74) is 0.0576. The van der Waals surface area contributed by atoms with Gasteiger partial charge in [-0.25, -0.2) is 13.4 Å². The van der Waals surface area contributed by atoms with Crippen LogP contribution in [0.1, 0.15) is 5.69 Å². The third kappa shape index (κ3) is 3.02. The zero-order valence-electron chi connectivity index (χ0n) is 9.84. The van der Waals surface area contributed by atoms with E-state index in [1.165, 1.54) is 12.3 Å². The van der Waals surface area contributed by atoms with Gasteiger partial charge in [0.2, 0.25) is 5.43 Å². The van der Waals surface area contributed by atoms with Crippen molar-refractivity contribution in [2.24, 2.45) is 0 Å². The average molecular weight is 344 g/mol. The van der Waals surface area contributed by atoms with Crippen molar-refractivity contribution in [3.63, 3.8) is 0 Å². The summed E-state index contributed by atoms with van der Waals surface area (Å²) in [6.45, 7) is 1.73. The number of pyridine rings is 2. The molecule has 0 fully saturated rings. The first kappa shape index (κ1) is 13.8. The van der Waals surface area contributed by atoms with E-state index in [4.69, 9.17) is 0 Å².